The highest BCUT2D eigenvalue weighted by molar-refractivity contribution is 6.37. The van der Waals surface area contributed by atoms with Crippen molar-refractivity contribution in [2.45, 2.75) is 13.2 Å². The van der Waals surface area contributed by atoms with E-state index in [4.69, 9.17) is 44.3 Å². The molecule has 0 saturated heterocycles. The van der Waals surface area contributed by atoms with E-state index in [1.54, 1.807) is 7.11 Å². The molecule has 6 heteroatoms. The van der Waals surface area contributed by atoms with Crippen molar-refractivity contribution in [3.63, 3.8) is 0 Å². The van der Waals surface area contributed by atoms with Gasteiger partial charge in [0.2, 0.25) is 0 Å². The van der Waals surface area contributed by atoms with E-state index in [9.17, 15) is 0 Å². The summed E-state index contributed by atoms with van der Waals surface area (Å²) in [4.78, 5) is 0. The molecule has 0 amide bonds. The topological polar surface area (TPSA) is 30.5 Å². The monoisotopic (exact) mass is 421 g/mol. The maximum absolute atomic E-state index is 6.37. The number of hydrogen-bond acceptors (Lipinski definition) is 3. The van der Waals surface area contributed by atoms with E-state index < -0.39 is 0 Å². The SMILES string of the molecule is COc1ccc(NCc2cc(Cl)c(OCc3cccc(Cl)c3)c(Cl)c2)cc1. The summed E-state index contributed by atoms with van der Waals surface area (Å²) in [7, 11) is 1.64. The third-order valence-corrected chi connectivity index (χ3v) is 4.71. The Hall–Kier alpha value is -2.07. The van der Waals surface area contributed by atoms with Crippen LogP contribution in [0.2, 0.25) is 15.1 Å². The Morgan fingerprint density at radius 1 is 0.852 bits per heavy atom. The molecule has 0 aromatic heterocycles. The summed E-state index contributed by atoms with van der Waals surface area (Å²) in [5.41, 5.74) is 2.88. The van der Waals surface area contributed by atoms with Gasteiger partial charge < -0.3 is 14.8 Å². The Kier molecular flexibility index (Phi) is 6.73. The molecule has 0 atom stereocenters. The molecule has 140 valence electrons. The second-order valence-corrected chi connectivity index (χ2v) is 7.14. The average Bonchev–Trinajstić information content (AvgIpc) is 2.66. The van der Waals surface area contributed by atoms with Gasteiger partial charge in [0.25, 0.3) is 0 Å². The van der Waals surface area contributed by atoms with Crippen LogP contribution in [0.25, 0.3) is 0 Å². The number of nitrogens with one attached hydrogen (secondary N) is 1. The third-order valence-electron chi connectivity index (χ3n) is 3.92. The molecular weight excluding hydrogens is 405 g/mol. The van der Waals surface area contributed by atoms with Crippen molar-refractivity contribution < 1.29 is 9.47 Å². The standard InChI is InChI=1S/C21H18Cl3NO2/c1-26-18-7-5-17(6-8-18)25-12-15-10-19(23)21(20(24)11-15)27-13-14-3-2-4-16(22)9-14/h2-11,25H,12-13H2,1H3. The minimum atomic E-state index is 0.337. The normalized spacial score (nSPS) is 10.5. The van der Waals surface area contributed by atoms with Gasteiger partial charge >= 0.3 is 0 Å². The number of benzene rings is 3. The number of methoxy groups -OCH3 is 1. The van der Waals surface area contributed by atoms with E-state index >= 15 is 0 Å². The van der Waals surface area contributed by atoms with Crippen LogP contribution < -0.4 is 14.8 Å². The zero-order valence-corrected chi connectivity index (χ0v) is 16.9. The first-order chi connectivity index (χ1) is 13.0. The average molecular weight is 423 g/mol. The smallest absolute Gasteiger partial charge is 0.156 e. The molecule has 0 spiro atoms. The van der Waals surface area contributed by atoms with E-state index in [0.717, 1.165) is 22.6 Å². The van der Waals surface area contributed by atoms with Gasteiger partial charge in [-0.25, -0.2) is 0 Å². The third kappa shape index (κ3) is 5.46. The van der Waals surface area contributed by atoms with Crippen molar-refractivity contribution in [2.75, 3.05) is 12.4 Å². The summed E-state index contributed by atoms with van der Waals surface area (Å²) in [5, 5.41) is 4.92. The molecule has 1 N–H and O–H groups in total. The fourth-order valence-electron chi connectivity index (χ4n) is 2.55. The van der Waals surface area contributed by atoms with Crippen LogP contribution in [0.3, 0.4) is 0 Å². The molecule has 0 aliphatic rings. The summed E-state index contributed by atoms with van der Waals surface area (Å²) in [6, 6.07) is 18.8. The second kappa shape index (κ2) is 9.23. The highest BCUT2D eigenvalue weighted by Crippen LogP contribution is 2.35. The van der Waals surface area contributed by atoms with Gasteiger partial charge in [0, 0.05) is 17.3 Å². The summed E-state index contributed by atoms with van der Waals surface area (Å²) in [5.74, 6) is 1.28. The first-order valence-electron chi connectivity index (χ1n) is 8.28. The number of rotatable bonds is 7. The summed E-state index contributed by atoms with van der Waals surface area (Å²) in [6.45, 7) is 0.920. The van der Waals surface area contributed by atoms with E-state index in [-0.39, 0.29) is 0 Å². The highest BCUT2D eigenvalue weighted by atomic mass is 35.5. The number of anilines is 1. The first kappa shape index (κ1) is 19.7. The minimum absolute atomic E-state index is 0.337. The van der Waals surface area contributed by atoms with E-state index in [1.165, 1.54) is 0 Å². The van der Waals surface area contributed by atoms with Crippen LogP contribution in [0.1, 0.15) is 11.1 Å². The van der Waals surface area contributed by atoms with Gasteiger partial charge in [-0.15, -0.1) is 0 Å². The molecule has 0 aliphatic heterocycles. The van der Waals surface area contributed by atoms with Crippen molar-refractivity contribution in [1.82, 2.24) is 0 Å². The summed E-state index contributed by atoms with van der Waals surface area (Å²) >= 11 is 18.7. The van der Waals surface area contributed by atoms with Crippen molar-refractivity contribution in [3.8, 4) is 11.5 Å². The number of halogens is 3. The Balaban J connectivity index is 1.64. The largest absolute Gasteiger partial charge is 0.497 e. The van der Waals surface area contributed by atoms with Crippen LogP contribution >= 0.6 is 34.8 Å². The van der Waals surface area contributed by atoms with Gasteiger partial charge in [-0.1, -0.05) is 46.9 Å². The fourth-order valence-corrected chi connectivity index (χ4v) is 3.40. The predicted molar refractivity (Wildman–Crippen MR) is 113 cm³/mol. The molecule has 0 bridgehead atoms. The maximum atomic E-state index is 6.37. The predicted octanol–water partition coefficient (Wildman–Crippen LogP) is 6.85. The first-order valence-corrected chi connectivity index (χ1v) is 9.41. The molecule has 0 saturated carbocycles. The van der Waals surface area contributed by atoms with Crippen LogP contribution in [0.4, 0.5) is 5.69 Å². The molecular formula is C21H18Cl3NO2. The zero-order valence-electron chi connectivity index (χ0n) is 14.6. The van der Waals surface area contributed by atoms with Crippen LogP contribution in [0.5, 0.6) is 11.5 Å². The Labute approximate surface area is 173 Å². The minimum Gasteiger partial charge on any atom is -0.497 e. The molecule has 3 aromatic carbocycles. The lowest BCUT2D eigenvalue weighted by molar-refractivity contribution is 0.306. The molecule has 0 radical (unpaired) electrons. The van der Waals surface area contributed by atoms with Crippen molar-refractivity contribution in [3.05, 3.63) is 86.9 Å². The molecule has 0 heterocycles. The Morgan fingerprint density at radius 3 is 2.19 bits per heavy atom. The number of ether oxygens (including phenoxy) is 2. The van der Waals surface area contributed by atoms with E-state index in [1.807, 2.05) is 60.7 Å². The molecule has 0 unspecified atom stereocenters. The molecule has 3 rings (SSSR count). The maximum Gasteiger partial charge on any atom is 0.156 e. The second-order valence-electron chi connectivity index (χ2n) is 5.89. The molecule has 0 aliphatic carbocycles. The fraction of sp³-hybridized carbons (Fsp3) is 0.143. The van der Waals surface area contributed by atoms with Crippen LogP contribution in [0.15, 0.2) is 60.7 Å². The van der Waals surface area contributed by atoms with Gasteiger partial charge in [0.05, 0.1) is 17.2 Å². The Bertz CT molecular complexity index is 891. The summed E-state index contributed by atoms with van der Waals surface area (Å²) in [6.07, 6.45) is 0. The molecule has 27 heavy (non-hydrogen) atoms. The van der Waals surface area contributed by atoms with Gasteiger partial charge in [0.1, 0.15) is 12.4 Å². The summed E-state index contributed by atoms with van der Waals surface area (Å²) < 4.78 is 10.9. The van der Waals surface area contributed by atoms with Gasteiger partial charge in [-0.05, 0) is 59.7 Å². The van der Waals surface area contributed by atoms with Gasteiger partial charge in [0.15, 0.2) is 5.75 Å². The lowest BCUT2D eigenvalue weighted by Gasteiger charge is -2.13. The van der Waals surface area contributed by atoms with Crippen molar-refractivity contribution in [2.24, 2.45) is 0 Å². The highest BCUT2D eigenvalue weighted by Gasteiger charge is 2.10. The van der Waals surface area contributed by atoms with Crippen LogP contribution in [-0.4, -0.2) is 7.11 Å². The van der Waals surface area contributed by atoms with E-state index in [2.05, 4.69) is 5.32 Å². The quantitative estimate of drug-likeness (QED) is 0.452. The number of hydrogen-bond donors (Lipinski definition) is 1. The molecule has 3 nitrogen and oxygen atoms in total. The Morgan fingerprint density at radius 2 is 1.56 bits per heavy atom. The van der Waals surface area contributed by atoms with Crippen LogP contribution in [0, 0.1) is 0 Å². The van der Waals surface area contributed by atoms with Gasteiger partial charge in [-0.2, -0.15) is 0 Å². The van der Waals surface area contributed by atoms with Crippen molar-refractivity contribution >= 4 is 40.5 Å². The molecule has 0 fully saturated rings. The van der Waals surface area contributed by atoms with E-state index in [0.29, 0.717) is 34.0 Å². The van der Waals surface area contributed by atoms with Crippen LogP contribution in [-0.2, 0) is 13.2 Å². The molecule has 3 aromatic rings. The lowest BCUT2D eigenvalue weighted by atomic mass is 10.2. The van der Waals surface area contributed by atoms with Crippen molar-refractivity contribution in [1.29, 1.82) is 0 Å². The zero-order chi connectivity index (χ0) is 19.2. The van der Waals surface area contributed by atoms with Gasteiger partial charge in [-0.3, -0.25) is 0 Å². The lowest BCUT2D eigenvalue weighted by Crippen LogP contribution is -2.01.